The van der Waals surface area contributed by atoms with Crippen LogP contribution < -0.4 is 5.32 Å². The monoisotopic (exact) mass is 316 g/mol. The second-order valence-corrected chi connectivity index (χ2v) is 6.01. The molecule has 1 aromatic heterocycles. The van der Waals surface area contributed by atoms with Gasteiger partial charge in [-0.25, -0.2) is 0 Å². The molecule has 22 heavy (non-hydrogen) atoms. The predicted molar refractivity (Wildman–Crippen MR) is 89.5 cm³/mol. The first-order valence-electron chi connectivity index (χ1n) is 7.14. The number of hydrogen-bond acceptors (Lipinski definition) is 4. The number of benzene rings is 1. The van der Waals surface area contributed by atoms with Gasteiger partial charge in [-0.15, -0.1) is 11.8 Å². The van der Waals surface area contributed by atoms with E-state index in [1.165, 1.54) is 0 Å². The third kappa shape index (κ3) is 5.16. The van der Waals surface area contributed by atoms with E-state index in [4.69, 9.17) is 0 Å². The quantitative estimate of drug-likeness (QED) is 0.824. The second-order valence-electron chi connectivity index (χ2n) is 5.02. The maximum atomic E-state index is 11.8. The van der Waals surface area contributed by atoms with Gasteiger partial charge in [-0.05, 0) is 35.7 Å². The van der Waals surface area contributed by atoms with Crippen molar-refractivity contribution in [3.05, 3.63) is 65.5 Å². The highest BCUT2D eigenvalue weighted by Crippen LogP contribution is 2.16. The second kappa shape index (κ2) is 8.56. The van der Waals surface area contributed by atoms with Gasteiger partial charge in [-0.1, -0.05) is 24.3 Å². The summed E-state index contributed by atoms with van der Waals surface area (Å²) in [6.07, 6.45) is 2.82. The Hall–Kier alpha value is -1.85. The summed E-state index contributed by atoms with van der Waals surface area (Å²) in [5, 5.41) is 12.9. The Morgan fingerprint density at radius 1 is 1.27 bits per heavy atom. The molecule has 116 valence electrons. The molecule has 0 aliphatic carbocycles. The number of carbonyl (C=O) groups is 1. The molecule has 0 spiro atoms. The van der Waals surface area contributed by atoms with E-state index in [9.17, 15) is 9.90 Å². The standard InChI is InChI=1S/C17H20N2O2S/c1-13-4-2-3-5-15(13)16(20)10-19-17(21)12-22-11-14-6-8-18-9-7-14/h2-9,16,20H,10-12H2,1H3,(H,19,21). The van der Waals surface area contributed by atoms with Gasteiger partial charge >= 0.3 is 0 Å². The number of amides is 1. The number of thioether (sulfide) groups is 1. The molecule has 1 heterocycles. The van der Waals surface area contributed by atoms with Crippen LogP contribution in [-0.4, -0.2) is 28.3 Å². The van der Waals surface area contributed by atoms with Crippen LogP contribution in [0.2, 0.25) is 0 Å². The molecule has 0 aliphatic heterocycles. The van der Waals surface area contributed by atoms with Gasteiger partial charge in [-0.2, -0.15) is 0 Å². The summed E-state index contributed by atoms with van der Waals surface area (Å²) in [6, 6.07) is 11.5. The van der Waals surface area contributed by atoms with Crippen molar-refractivity contribution in [1.29, 1.82) is 0 Å². The average Bonchev–Trinajstić information content (AvgIpc) is 2.54. The van der Waals surface area contributed by atoms with Gasteiger partial charge in [0.05, 0.1) is 11.9 Å². The Morgan fingerprint density at radius 3 is 2.73 bits per heavy atom. The number of hydrogen-bond donors (Lipinski definition) is 2. The first-order chi connectivity index (χ1) is 10.7. The van der Waals surface area contributed by atoms with Crippen molar-refractivity contribution in [3.63, 3.8) is 0 Å². The van der Waals surface area contributed by atoms with Crippen LogP contribution in [0.25, 0.3) is 0 Å². The average molecular weight is 316 g/mol. The zero-order valence-electron chi connectivity index (χ0n) is 12.5. The molecule has 1 aromatic carbocycles. The number of nitrogens with one attached hydrogen (secondary N) is 1. The molecule has 2 aromatic rings. The fraction of sp³-hybridized carbons (Fsp3) is 0.294. The molecule has 2 N–H and O–H groups in total. The molecule has 2 rings (SSSR count). The number of aromatic nitrogens is 1. The van der Waals surface area contributed by atoms with Crippen molar-refractivity contribution in [1.82, 2.24) is 10.3 Å². The van der Waals surface area contributed by atoms with Crippen LogP contribution >= 0.6 is 11.8 Å². The summed E-state index contributed by atoms with van der Waals surface area (Å²) < 4.78 is 0. The Morgan fingerprint density at radius 2 is 2.00 bits per heavy atom. The molecule has 0 saturated heterocycles. The number of carbonyl (C=O) groups excluding carboxylic acids is 1. The van der Waals surface area contributed by atoms with Crippen LogP contribution in [0.5, 0.6) is 0 Å². The van der Waals surface area contributed by atoms with Gasteiger partial charge in [0.2, 0.25) is 5.91 Å². The van der Waals surface area contributed by atoms with Crippen molar-refractivity contribution in [2.24, 2.45) is 0 Å². The number of aryl methyl sites for hydroxylation is 1. The molecule has 4 nitrogen and oxygen atoms in total. The number of nitrogens with zero attached hydrogens (tertiary/aromatic N) is 1. The Labute approximate surface area is 135 Å². The van der Waals surface area contributed by atoms with Crippen LogP contribution in [0.4, 0.5) is 0 Å². The van der Waals surface area contributed by atoms with Gasteiger partial charge in [0.15, 0.2) is 0 Å². The summed E-state index contributed by atoms with van der Waals surface area (Å²) >= 11 is 1.54. The van der Waals surface area contributed by atoms with Crippen molar-refractivity contribution in [2.75, 3.05) is 12.3 Å². The van der Waals surface area contributed by atoms with E-state index < -0.39 is 6.10 Å². The number of aliphatic hydroxyl groups excluding tert-OH is 1. The zero-order valence-corrected chi connectivity index (χ0v) is 13.3. The minimum atomic E-state index is -0.671. The van der Waals surface area contributed by atoms with Gasteiger partial charge in [0.1, 0.15) is 0 Å². The van der Waals surface area contributed by atoms with Crippen LogP contribution in [0.3, 0.4) is 0 Å². The first kappa shape index (κ1) is 16.5. The van der Waals surface area contributed by atoms with E-state index >= 15 is 0 Å². The van der Waals surface area contributed by atoms with Gasteiger partial charge < -0.3 is 10.4 Å². The molecular weight excluding hydrogens is 296 g/mol. The van der Waals surface area contributed by atoms with E-state index in [1.54, 1.807) is 24.2 Å². The molecule has 1 amide bonds. The van der Waals surface area contributed by atoms with Crippen LogP contribution in [0, 0.1) is 6.92 Å². The molecule has 5 heteroatoms. The minimum absolute atomic E-state index is 0.0632. The lowest BCUT2D eigenvalue weighted by Crippen LogP contribution is -2.30. The molecule has 0 fully saturated rings. The van der Waals surface area contributed by atoms with Gasteiger partial charge in [0, 0.05) is 24.7 Å². The van der Waals surface area contributed by atoms with Crippen molar-refractivity contribution in [2.45, 2.75) is 18.8 Å². The number of rotatable bonds is 7. The van der Waals surface area contributed by atoms with E-state index in [0.717, 1.165) is 22.4 Å². The SMILES string of the molecule is Cc1ccccc1C(O)CNC(=O)CSCc1ccncc1. The topological polar surface area (TPSA) is 62.2 Å². The fourth-order valence-electron chi connectivity index (χ4n) is 2.07. The summed E-state index contributed by atoms with van der Waals surface area (Å²) in [4.78, 5) is 15.8. The summed E-state index contributed by atoms with van der Waals surface area (Å²) in [5.41, 5.74) is 3.02. The normalized spacial score (nSPS) is 11.9. The number of aliphatic hydroxyl groups is 1. The Kier molecular flexibility index (Phi) is 6.43. The summed E-state index contributed by atoms with van der Waals surface area (Å²) in [7, 11) is 0. The number of pyridine rings is 1. The van der Waals surface area contributed by atoms with Crippen molar-refractivity contribution >= 4 is 17.7 Å². The maximum Gasteiger partial charge on any atom is 0.230 e. The molecule has 0 radical (unpaired) electrons. The van der Waals surface area contributed by atoms with Crippen LogP contribution in [0.15, 0.2) is 48.8 Å². The fourth-order valence-corrected chi connectivity index (χ4v) is 2.89. The van der Waals surface area contributed by atoms with Crippen molar-refractivity contribution in [3.8, 4) is 0 Å². The maximum absolute atomic E-state index is 11.8. The largest absolute Gasteiger partial charge is 0.387 e. The van der Waals surface area contributed by atoms with Crippen LogP contribution in [0.1, 0.15) is 22.8 Å². The summed E-state index contributed by atoms with van der Waals surface area (Å²) in [5.74, 6) is 1.09. The highest BCUT2D eigenvalue weighted by molar-refractivity contribution is 7.99. The Bertz CT molecular complexity index is 605. The van der Waals surface area contributed by atoms with E-state index in [2.05, 4.69) is 10.3 Å². The lowest BCUT2D eigenvalue weighted by molar-refractivity contribution is -0.119. The van der Waals surface area contributed by atoms with E-state index in [1.807, 2.05) is 43.3 Å². The minimum Gasteiger partial charge on any atom is -0.387 e. The molecule has 1 unspecified atom stereocenters. The molecular formula is C17H20N2O2S. The third-order valence-corrected chi connectivity index (χ3v) is 4.30. The highest BCUT2D eigenvalue weighted by atomic mass is 32.2. The van der Waals surface area contributed by atoms with Gasteiger partial charge in [-0.3, -0.25) is 9.78 Å². The van der Waals surface area contributed by atoms with Crippen molar-refractivity contribution < 1.29 is 9.90 Å². The Balaban J connectivity index is 1.70. The van der Waals surface area contributed by atoms with E-state index in [0.29, 0.717) is 5.75 Å². The van der Waals surface area contributed by atoms with Crippen LogP contribution in [-0.2, 0) is 10.5 Å². The smallest absolute Gasteiger partial charge is 0.230 e. The highest BCUT2D eigenvalue weighted by Gasteiger charge is 2.11. The molecule has 0 bridgehead atoms. The lowest BCUT2D eigenvalue weighted by Gasteiger charge is -2.14. The third-order valence-electron chi connectivity index (χ3n) is 3.29. The first-order valence-corrected chi connectivity index (χ1v) is 8.29. The molecule has 0 aliphatic rings. The van der Waals surface area contributed by atoms with E-state index in [-0.39, 0.29) is 12.5 Å². The zero-order chi connectivity index (χ0) is 15.8. The lowest BCUT2D eigenvalue weighted by atomic mass is 10.0. The molecule has 0 saturated carbocycles. The summed E-state index contributed by atoms with van der Waals surface area (Å²) in [6.45, 7) is 2.18. The predicted octanol–water partition coefficient (Wildman–Crippen LogP) is 2.47. The molecule has 1 atom stereocenters. The van der Waals surface area contributed by atoms with Gasteiger partial charge in [0.25, 0.3) is 0 Å².